The second-order valence-corrected chi connectivity index (χ2v) is 4.55. The Morgan fingerprint density at radius 1 is 1.36 bits per heavy atom. The van der Waals surface area contributed by atoms with Gasteiger partial charge in [-0.25, -0.2) is 0 Å². The van der Waals surface area contributed by atoms with Crippen molar-refractivity contribution in [2.45, 2.75) is 37.1 Å². The van der Waals surface area contributed by atoms with E-state index in [2.05, 4.69) is 15.3 Å². The van der Waals surface area contributed by atoms with Crippen molar-refractivity contribution in [3.63, 3.8) is 0 Å². The lowest BCUT2D eigenvalue weighted by molar-refractivity contribution is 0.175. The van der Waals surface area contributed by atoms with Crippen LogP contribution in [0.3, 0.4) is 0 Å². The lowest BCUT2D eigenvalue weighted by Crippen LogP contribution is -2.50. The monoisotopic (exact) mass is 189 g/mol. The van der Waals surface area contributed by atoms with Crippen molar-refractivity contribution >= 4 is 0 Å². The Hall–Kier alpha value is -0.960. The van der Waals surface area contributed by atoms with Gasteiger partial charge in [0.05, 0.1) is 5.69 Å². The van der Waals surface area contributed by atoms with Gasteiger partial charge in [-0.1, -0.05) is 0 Å². The van der Waals surface area contributed by atoms with E-state index in [1.807, 2.05) is 6.20 Å². The van der Waals surface area contributed by atoms with E-state index in [9.17, 15) is 0 Å². The molecule has 1 aromatic rings. The highest BCUT2D eigenvalue weighted by Gasteiger charge is 2.46. The largest absolute Gasteiger partial charge is 0.311 e. The van der Waals surface area contributed by atoms with Crippen molar-refractivity contribution in [3.8, 4) is 0 Å². The minimum atomic E-state index is 0.474. The molecule has 0 aromatic carbocycles. The summed E-state index contributed by atoms with van der Waals surface area (Å²) < 4.78 is 0. The van der Waals surface area contributed by atoms with E-state index in [1.165, 1.54) is 37.9 Å². The highest BCUT2D eigenvalue weighted by atomic mass is 15.0. The van der Waals surface area contributed by atoms with E-state index in [0.29, 0.717) is 11.5 Å². The standard InChI is InChI=1S/C11H15N3/c1-2-11(14-3-1)6-9(7-11)10-8-12-4-5-13-10/h4-5,8-9,14H,1-3,6-7H2. The molecule has 1 N–H and O–H groups in total. The summed E-state index contributed by atoms with van der Waals surface area (Å²) in [4.78, 5) is 8.48. The summed E-state index contributed by atoms with van der Waals surface area (Å²) in [6.45, 7) is 1.20. The Morgan fingerprint density at radius 3 is 2.93 bits per heavy atom. The minimum absolute atomic E-state index is 0.474. The molecule has 0 radical (unpaired) electrons. The van der Waals surface area contributed by atoms with E-state index in [-0.39, 0.29) is 0 Å². The molecular formula is C11H15N3. The third-order valence-corrected chi connectivity index (χ3v) is 3.61. The summed E-state index contributed by atoms with van der Waals surface area (Å²) in [5, 5.41) is 3.62. The van der Waals surface area contributed by atoms with E-state index in [1.54, 1.807) is 12.4 Å². The number of nitrogens with zero attached hydrogens (tertiary/aromatic N) is 2. The highest BCUT2D eigenvalue weighted by Crippen LogP contribution is 2.48. The molecule has 0 unspecified atom stereocenters. The predicted molar refractivity (Wildman–Crippen MR) is 54.0 cm³/mol. The van der Waals surface area contributed by atoms with Gasteiger partial charge in [-0.05, 0) is 32.2 Å². The van der Waals surface area contributed by atoms with Gasteiger partial charge in [0, 0.05) is 30.0 Å². The third-order valence-electron chi connectivity index (χ3n) is 3.61. The Balaban J connectivity index is 1.69. The van der Waals surface area contributed by atoms with Gasteiger partial charge in [0.15, 0.2) is 0 Å². The van der Waals surface area contributed by atoms with E-state index < -0.39 is 0 Å². The second-order valence-electron chi connectivity index (χ2n) is 4.55. The molecule has 1 aliphatic heterocycles. The topological polar surface area (TPSA) is 37.8 Å². The molecule has 0 bridgehead atoms. The summed E-state index contributed by atoms with van der Waals surface area (Å²) in [7, 11) is 0. The molecule has 1 saturated carbocycles. The fourth-order valence-corrected chi connectivity index (χ4v) is 2.83. The van der Waals surface area contributed by atoms with Crippen LogP contribution in [-0.2, 0) is 0 Å². The van der Waals surface area contributed by atoms with E-state index >= 15 is 0 Å². The minimum Gasteiger partial charge on any atom is -0.311 e. The van der Waals surface area contributed by atoms with Gasteiger partial charge in [0.1, 0.15) is 0 Å². The fourth-order valence-electron chi connectivity index (χ4n) is 2.83. The zero-order valence-corrected chi connectivity index (χ0v) is 8.24. The van der Waals surface area contributed by atoms with Crippen LogP contribution in [0, 0.1) is 0 Å². The van der Waals surface area contributed by atoms with Crippen molar-refractivity contribution in [1.82, 2.24) is 15.3 Å². The van der Waals surface area contributed by atoms with Crippen LogP contribution < -0.4 is 5.32 Å². The van der Waals surface area contributed by atoms with Crippen molar-refractivity contribution in [2.24, 2.45) is 0 Å². The van der Waals surface area contributed by atoms with Gasteiger partial charge in [0.25, 0.3) is 0 Å². The lowest BCUT2D eigenvalue weighted by atomic mass is 9.66. The maximum atomic E-state index is 4.37. The summed E-state index contributed by atoms with van der Waals surface area (Å²) in [6, 6.07) is 0. The molecule has 1 saturated heterocycles. The number of hydrogen-bond donors (Lipinski definition) is 1. The zero-order valence-electron chi connectivity index (χ0n) is 8.24. The smallest absolute Gasteiger partial charge is 0.0618 e. The van der Waals surface area contributed by atoms with Gasteiger partial charge >= 0.3 is 0 Å². The maximum Gasteiger partial charge on any atom is 0.0618 e. The van der Waals surface area contributed by atoms with Gasteiger partial charge in [-0.3, -0.25) is 9.97 Å². The highest BCUT2D eigenvalue weighted by molar-refractivity contribution is 5.17. The predicted octanol–water partition coefficient (Wildman–Crippen LogP) is 1.48. The summed E-state index contributed by atoms with van der Waals surface area (Å²) >= 11 is 0. The molecule has 0 atom stereocenters. The molecule has 3 heteroatoms. The fraction of sp³-hybridized carbons (Fsp3) is 0.636. The van der Waals surface area contributed by atoms with Gasteiger partial charge in [-0.15, -0.1) is 0 Å². The van der Waals surface area contributed by atoms with Gasteiger partial charge in [0.2, 0.25) is 0 Å². The van der Waals surface area contributed by atoms with Crippen LogP contribution in [0.5, 0.6) is 0 Å². The molecule has 0 amide bonds. The molecule has 1 spiro atoms. The van der Waals surface area contributed by atoms with E-state index in [4.69, 9.17) is 0 Å². The quantitative estimate of drug-likeness (QED) is 0.727. The number of aromatic nitrogens is 2. The van der Waals surface area contributed by atoms with Crippen LogP contribution >= 0.6 is 0 Å². The molecule has 1 aliphatic carbocycles. The molecule has 1 aromatic heterocycles. The number of hydrogen-bond acceptors (Lipinski definition) is 3. The molecule has 74 valence electrons. The summed E-state index contributed by atoms with van der Waals surface area (Å²) in [5.74, 6) is 0.647. The first-order valence-electron chi connectivity index (χ1n) is 5.39. The van der Waals surface area contributed by atoms with Crippen molar-refractivity contribution in [1.29, 1.82) is 0 Å². The Kier molecular flexibility index (Phi) is 1.80. The average molecular weight is 189 g/mol. The van der Waals surface area contributed by atoms with Crippen LogP contribution in [0.25, 0.3) is 0 Å². The number of rotatable bonds is 1. The Bertz CT molecular complexity index is 309. The first kappa shape index (κ1) is 8.36. The van der Waals surface area contributed by atoms with Crippen LogP contribution in [0.1, 0.15) is 37.3 Å². The lowest BCUT2D eigenvalue weighted by Gasteiger charge is -2.45. The average Bonchev–Trinajstić information content (AvgIpc) is 2.65. The molecule has 2 heterocycles. The molecule has 3 nitrogen and oxygen atoms in total. The van der Waals surface area contributed by atoms with Crippen molar-refractivity contribution in [3.05, 3.63) is 24.3 Å². The summed E-state index contributed by atoms with van der Waals surface area (Å²) in [6.07, 6.45) is 10.6. The Labute approximate surface area is 84.0 Å². The number of nitrogens with one attached hydrogen (secondary N) is 1. The summed E-state index contributed by atoms with van der Waals surface area (Å²) in [5.41, 5.74) is 1.65. The van der Waals surface area contributed by atoms with Crippen LogP contribution in [-0.4, -0.2) is 22.1 Å². The molecular weight excluding hydrogens is 174 g/mol. The van der Waals surface area contributed by atoms with Crippen LogP contribution in [0.15, 0.2) is 18.6 Å². The molecule has 2 fully saturated rings. The molecule has 3 rings (SSSR count). The van der Waals surface area contributed by atoms with Gasteiger partial charge < -0.3 is 5.32 Å². The first-order chi connectivity index (χ1) is 6.88. The molecule has 2 aliphatic rings. The van der Waals surface area contributed by atoms with Crippen LogP contribution in [0.4, 0.5) is 0 Å². The van der Waals surface area contributed by atoms with Gasteiger partial charge in [-0.2, -0.15) is 0 Å². The normalized spacial score (nSPS) is 35.9. The Morgan fingerprint density at radius 2 is 2.29 bits per heavy atom. The van der Waals surface area contributed by atoms with Crippen LogP contribution in [0.2, 0.25) is 0 Å². The second kappa shape index (κ2) is 3.02. The third kappa shape index (κ3) is 1.23. The molecule has 14 heavy (non-hydrogen) atoms. The van der Waals surface area contributed by atoms with Crippen molar-refractivity contribution in [2.75, 3.05) is 6.54 Å². The zero-order chi connectivity index (χ0) is 9.43. The SMILES string of the molecule is c1cnc(C2CC3(CCCN3)C2)cn1. The first-order valence-corrected chi connectivity index (χ1v) is 5.39. The van der Waals surface area contributed by atoms with E-state index in [0.717, 1.165) is 0 Å². The maximum absolute atomic E-state index is 4.37. The van der Waals surface area contributed by atoms with Crippen molar-refractivity contribution < 1.29 is 0 Å².